The molecule has 1 aromatic carbocycles. The van der Waals surface area contributed by atoms with Crippen molar-refractivity contribution in [1.29, 1.82) is 0 Å². The van der Waals surface area contributed by atoms with Crippen molar-refractivity contribution in [3.8, 4) is 0 Å². The van der Waals surface area contributed by atoms with Crippen LogP contribution in [-0.2, 0) is 17.7 Å². The standard InChI is InChI=1S/C19H30N2O2/c1-15-8-7-9-16-14-21(13-10-17(15)16)12-6-5-11-20-18(22)23-19(2,3)4/h7-9H,5-6,10-14H2,1-4H3,(H,20,22). The highest BCUT2D eigenvalue weighted by molar-refractivity contribution is 5.67. The van der Waals surface area contributed by atoms with Crippen LogP contribution in [0.1, 0.15) is 50.3 Å². The first-order valence-electron chi connectivity index (χ1n) is 8.62. The van der Waals surface area contributed by atoms with E-state index in [-0.39, 0.29) is 6.09 Å². The van der Waals surface area contributed by atoms with Crippen molar-refractivity contribution in [3.05, 3.63) is 34.9 Å². The Morgan fingerprint density at radius 3 is 2.83 bits per heavy atom. The van der Waals surface area contributed by atoms with E-state index in [0.29, 0.717) is 6.54 Å². The molecule has 0 atom stereocenters. The van der Waals surface area contributed by atoms with Crippen molar-refractivity contribution in [1.82, 2.24) is 10.2 Å². The maximum atomic E-state index is 11.5. The van der Waals surface area contributed by atoms with Crippen LogP contribution in [0.25, 0.3) is 0 Å². The van der Waals surface area contributed by atoms with E-state index < -0.39 is 5.60 Å². The minimum Gasteiger partial charge on any atom is -0.444 e. The van der Waals surface area contributed by atoms with Gasteiger partial charge in [0.05, 0.1) is 0 Å². The second-order valence-electron chi connectivity index (χ2n) is 7.37. The number of benzene rings is 1. The number of amides is 1. The number of carbonyl (C=O) groups is 1. The normalized spacial score (nSPS) is 15.1. The Hall–Kier alpha value is -1.55. The van der Waals surface area contributed by atoms with E-state index >= 15 is 0 Å². The predicted octanol–water partition coefficient (Wildman–Crippen LogP) is 3.66. The molecule has 0 aromatic heterocycles. The van der Waals surface area contributed by atoms with Crippen LogP contribution in [0.3, 0.4) is 0 Å². The molecule has 1 aromatic rings. The fourth-order valence-electron chi connectivity index (χ4n) is 3.01. The Labute approximate surface area is 140 Å². The Bertz CT molecular complexity index is 535. The monoisotopic (exact) mass is 318 g/mol. The number of carbonyl (C=O) groups excluding carboxylic acids is 1. The lowest BCUT2D eigenvalue weighted by Gasteiger charge is -2.29. The van der Waals surface area contributed by atoms with Crippen molar-refractivity contribution in [2.75, 3.05) is 19.6 Å². The third-order valence-electron chi connectivity index (χ3n) is 4.15. The molecule has 0 spiro atoms. The molecule has 0 saturated heterocycles. The molecule has 1 amide bonds. The fraction of sp³-hybridized carbons (Fsp3) is 0.632. The van der Waals surface area contributed by atoms with Crippen LogP contribution in [0.4, 0.5) is 4.79 Å². The second-order valence-corrected chi connectivity index (χ2v) is 7.37. The summed E-state index contributed by atoms with van der Waals surface area (Å²) in [4.78, 5) is 14.1. The van der Waals surface area contributed by atoms with Gasteiger partial charge >= 0.3 is 6.09 Å². The van der Waals surface area contributed by atoms with Gasteiger partial charge in [0.1, 0.15) is 5.60 Å². The SMILES string of the molecule is Cc1cccc2c1CCN(CCCCNC(=O)OC(C)(C)C)C2. The van der Waals surface area contributed by atoms with Gasteiger partial charge in [-0.2, -0.15) is 0 Å². The Morgan fingerprint density at radius 2 is 2.09 bits per heavy atom. The molecule has 0 unspecified atom stereocenters. The highest BCUT2D eigenvalue weighted by Crippen LogP contribution is 2.22. The summed E-state index contributed by atoms with van der Waals surface area (Å²) in [7, 11) is 0. The number of alkyl carbamates (subject to hydrolysis) is 1. The van der Waals surface area contributed by atoms with Crippen LogP contribution in [0.15, 0.2) is 18.2 Å². The Kier molecular flexibility index (Phi) is 6.05. The van der Waals surface area contributed by atoms with Gasteiger partial charge in [0.25, 0.3) is 0 Å². The van der Waals surface area contributed by atoms with Crippen molar-refractivity contribution in [3.63, 3.8) is 0 Å². The highest BCUT2D eigenvalue weighted by atomic mass is 16.6. The summed E-state index contributed by atoms with van der Waals surface area (Å²) in [5.74, 6) is 0. The van der Waals surface area contributed by atoms with E-state index in [2.05, 4.69) is 35.3 Å². The first kappa shape index (κ1) is 17.8. The number of hydrogen-bond acceptors (Lipinski definition) is 3. The molecule has 4 nitrogen and oxygen atoms in total. The zero-order valence-electron chi connectivity index (χ0n) is 14.9. The van der Waals surface area contributed by atoms with Gasteiger partial charge < -0.3 is 10.1 Å². The maximum absolute atomic E-state index is 11.5. The van der Waals surface area contributed by atoms with E-state index in [4.69, 9.17) is 4.74 Å². The molecule has 128 valence electrons. The average Bonchev–Trinajstić information content (AvgIpc) is 2.45. The zero-order valence-corrected chi connectivity index (χ0v) is 14.9. The third kappa shape index (κ3) is 5.87. The summed E-state index contributed by atoms with van der Waals surface area (Å²) in [6, 6.07) is 6.61. The molecule has 0 saturated carbocycles. The van der Waals surface area contributed by atoms with Crippen molar-refractivity contribution in [2.45, 2.75) is 59.1 Å². The summed E-state index contributed by atoms with van der Waals surface area (Å²) >= 11 is 0. The molecule has 1 aliphatic heterocycles. The van der Waals surface area contributed by atoms with Gasteiger partial charge in [-0.3, -0.25) is 4.90 Å². The molecule has 2 rings (SSSR count). The van der Waals surface area contributed by atoms with Gasteiger partial charge in [0.15, 0.2) is 0 Å². The summed E-state index contributed by atoms with van der Waals surface area (Å²) in [6.45, 7) is 11.8. The lowest BCUT2D eigenvalue weighted by atomic mass is 9.95. The molecule has 0 aliphatic carbocycles. The molecule has 1 aliphatic rings. The lowest BCUT2D eigenvalue weighted by molar-refractivity contribution is 0.0526. The molecule has 0 bridgehead atoms. The van der Waals surface area contributed by atoms with Crippen LogP contribution >= 0.6 is 0 Å². The molecular formula is C19H30N2O2. The van der Waals surface area contributed by atoms with E-state index in [1.54, 1.807) is 0 Å². The van der Waals surface area contributed by atoms with Gasteiger partial charge in [-0.25, -0.2) is 4.79 Å². The molecule has 1 N–H and O–H groups in total. The number of hydrogen-bond donors (Lipinski definition) is 1. The summed E-state index contributed by atoms with van der Waals surface area (Å²) in [6.07, 6.45) is 2.91. The summed E-state index contributed by atoms with van der Waals surface area (Å²) in [5, 5.41) is 2.82. The molecule has 4 heteroatoms. The van der Waals surface area contributed by atoms with E-state index in [9.17, 15) is 4.79 Å². The van der Waals surface area contributed by atoms with Gasteiger partial charge in [-0.15, -0.1) is 0 Å². The Balaban J connectivity index is 1.64. The number of unbranched alkanes of at least 4 members (excludes halogenated alkanes) is 1. The predicted molar refractivity (Wildman–Crippen MR) is 93.6 cm³/mol. The number of rotatable bonds is 5. The van der Waals surface area contributed by atoms with Gasteiger partial charge in [0.2, 0.25) is 0 Å². The topological polar surface area (TPSA) is 41.6 Å². The second kappa shape index (κ2) is 7.82. The number of nitrogens with zero attached hydrogens (tertiary/aromatic N) is 1. The summed E-state index contributed by atoms with van der Waals surface area (Å²) in [5.41, 5.74) is 4.01. The van der Waals surface area contributed by atoms with E-state index in [1.807, 2.05) is 20.8 Å². The van der Waals surface area contributed by atoms with Crippen LogP contribution in [0.5, 0.6) is 0 Å². The van der Waals surface area contributed by atoms with Crippen LogP contribution in [0.2, 0.25) is 0 Å². The third-order valence-corrected chi connectivity index (χ3v) is 4.15. The minimum atomic E-state index is -0.427. The van der Waals surface area contributed by atoms with Crippen molar-refractivity contribution >= 4 is 6.09 Å². The minimum absolute atomic E-state index is 0.320. The first-order chi connectivity index (χ1) is 10.8. The highest BCUT2D eigenvalue weighted by Gasteiger charge is 2.17. The number of aryl methyl sites for hydroxylation is 1. The van der Waals surface area contributed by atoms with Crippen LogP contribution in [0, 0.1) is 6.92 Å². The zero-order chi connectivity index (χ0) is 16.9. The first-order valence-corrected chi connectivity index (χ1v) is 8.62. The Morgan fingerprint density at radius 1 is 1.30 bits per heavy atom. The molecular weight excluding hydrogens is 288 g/mol. The van der Waals surface area contributed by atoms with E-state index in [1.165, 1.54) is 16.7 Å². The smallest absolute Gasteiger partial charge is 0.407 e. The molecule has 1 heterocycles. The molecule has 0 fully saturated rings. The van der Waals surface area contributed by atoms with Crippen LogP contribution < -0.4 is 5.32 Å². The number of ether oxygens (including phenoxy) is 1. The van der Waals surface area contributed by atoms with Gasteiger partial charge in [-0.1, -0.05) is 18.2 Å². The van der Waals surface area contributed by atoms with Gasteiger partial charge in [-0.05, 0) is 70.2 Å². The lowest BCUT2D eigenvalue weighted by Crippen LogP contribution is -2.34. The van der Waals surface area contributed by atoms with Crippen molar-refractivity contribution < 1.29 is 9.53 Å². The number of nitrogens with one attached hydrogen (secondary N) is 1. The van der Waals surface area contributed by atoms with E-state index in [0.717, 1.165) is 38.9 Å². The van der Waals surface area contributed by atoms with Gasteiger partial charge in [0, 0.05) is 19.6 Å². The summed E-state index contributed by atoms with van der Waals surface area (Å²) < 4.78 is 5.22. The molecule has 23 heavy (non-hydrogen) atoms. The molecule has 0 radical (unpaired) electrons. The van der Waals surface area contributed by atoms with Crippen molar-refractivity contribution in [2.24, 2.45) is 0 Å². The average molecular weight is 318 g/mol. The van der Waals surface area contributed by atoms with Crippen LogP contribution in [-0.4, -0.2) is 36.2 Å². The maximum Gasteiger partial charge on any atom is 0.407 e. The quantitative estimate of drug-likeness (QED) is 0.843. The largest absolute Gasteiger partial charge is 0.444 e. The fourth-order valence-corrected chi connectivity index (χ4v) is 3.01. The number of fused-ring (bicyclic) bond motifs is 1.